The van der Waals surface area contributed by atoms with Crippen LogP contribution in [0.15, 0.2) is 24.4 Å². The normalized spacial score (nSPS) is 17.4. The maximum atomic E-state index is 5.78. The van der Waals surface area contributed by atoms with Crippen molar-refractivity contribution in [1.82, 2.24) is 4.98 Å². The Kier molecular flexibility index (Phi) is 4.76. The quantitative estimate of drug-likeness (QED) is 0.784. The minimum absolute atomic E-state index is 0.404. The summed E-state index contributed by atoms with van der Waals surface area (Å²) in [4.78, 5) is 6.69. The average Bonchev–Trinajstić information content (AvgIpc) is 2.41. The summed E-state index contributed by atoms with van der Waals surface area (Å²) in [6.45, 7) is 3.58. The molecule has 0 saturated carbocycles. The van der Waals surface area contributed by atoms with E-state index < -0.39 is 0 Å². The summed E-state index contributed by atoms with van der Waals surface area (Å²) in [5.74, 6) is 1.08. The minimum Gasteiger partial charge on any atom is -0.378 e. The number of pyridine rings is 1. The van der Waals surface area contributed by atoms with Crippen LogP contribution in [-0.2, 0) is 4.74 Å². The molecule has 0 amide bonds. The molecule has 0 unspecified atom stereocenters. The Morgan fingerprint density at radius 1 is 1.35 bits per heavy atom. The minimum atomic E-state index is 0.404. The van der Waals surface area contributed by atoms with Crippen molar-refractivity contribution < 1.29 is 4.74 Å². The van der Waals surface area contributed by atoms with Crippen molar-refractivity contribution in [2.24, 2.45) is 5.73 Å². The zero-order valence-electron chi connectivity index (χ0n) is 10.2. The highest BCUT2D eigenvalue weighted by molar-refractivity contribution is 5.37. The van der Waals surface area contributed by atoms with Crippen molar-refractivity contribution in [3.63, 3.8) is 0 Å². The number of nitrogens with two attached hydrogens (primary N) is 1. The molecule has 0 atom stereocenters. The van der Waals surface area contributed by atoms with Crippen molar-refractivity contribution in [2.75, 3.05) is 31.1 Å². The van der Waals surface area contributed by atoms with E-state index in [1.807, 2.05) is 18.3 Å². The molecular weight excluding hydrogens is 214 g/mol. The molecule has 2 rings (SSSR count). The molecule has 0 aromatic carbocycles. The molecule has 2 N–H and O–H groups in total. The number of anilines is 1. The highest BCUT2D eigenvalue weighted by Gasteiger charge is 2.19. The van der Waals surface area contributed by atoms with E-state index in [0.29, 0.717) is 12.6 Å². The Bertz CT molecular complexity index is 310. The molecule has 0 radical (unpaired) electrons. The van der Waals surface area contributed by atoms with Crippen LogP contribution in [0, 0.1) is 0 Å². The van der Waals surface area contributed by atoms with Crippen LogP contribution in [0.3, 0.4) is 0 Å². The number of rotatable bonds is 5. The van der Waals surface area contributed by atoms with Crippen LogP contribution in [0.4, 0.5) is 5.82 Å². The van der Waals surface area contributed by atoms with Crippen LogP contribution in [-0.4, -0.2) is 37.3 Å². The first-order valence-electron chi connectivity index (χ1n) is 6.38. The van der Waals surface area contributed by atoms with Crippen molar-refractivity contribution in [2.45, 2.75) is 25.4 Å². The van der Waals surface area contributed by atoms with Crippen LogP contribution < -0.4 is 10.6 Å². The van der Waals surface area contributed by atoms with Crippen molar-refractivity contribution in [1.29, 1.82) is 0 Å². The molecule has 1 aromatic rings. The maximum Gasteiger partial charge on any atom is 0.128 e. The van der Waals surface area contributed by atoms with Crippen LogP contribution in [0.1, 0.15) is 19.3 Å². The Morgan fingerprint density at radius 3 is 2.82 bits per heavy atom. The predicted octanol–water partition coefficient (Wildman–Crippen LogP) is 1.42. The van der Waals surface area contributed by atoms with E-state index in [1.54, 1.807) is 0 Å². The van der Waals surface area contributed by atoms with E-state index in [1.165, 1.54) is 0 Å². The van der Waals surface area contributed by atoms with Crippen LogP contribution in [0.25, 0.3) is 0 Å². The molecule has 1 saturated heterocycles. The van der Waals surface area contributed by atoms with Gasteiger partial charge in [-0.2, -0.15) is 0 Å². The smallest absolute Gasteiger partial charge is 0.128 e. The van der Waals surface area contributed by atoms with E-state index >= 15 is 0 Å². The van der Waals surface area contributed by atoms with E-state index in [4.69, 9.17) is 10.5 Å². The second kappa shape index (κ2) is 6.57. The van der Waals surface area contributed by atoms with Gasteiger partial charge >= 0.3 is 0 Å². The Morgan fingerprint density at radius 2 is 2.18 bits per heavy atom. The number of nitrogens with zero attached hydrogens (tertiary/aromatic N) is 2. The first-order valence-corrected chi connectivity index (χ1v) is 6.38. The molecule has 2 heterocycles. The van der Waals surface area contributed by atoms with E-state index in [-0.39, 0.29) is 0 Å². The SMILES string of the molecule is NCCCOC1CCN(c2ccccn2)CC1. The fourth-order valence-electron chi connectivity index (χ4n) is 2.13. The standard InChI is InChI=1S/C13H21N3O/c14-7-3-11-17-12-5-9-16(10-6-12)13-4-1-2-8-15-13/h1-2,4,8,12H,3,5-7,9-11,14H2. The van der Waals surface area contributed by atoms with E-state index in [9.17, 15) is 0 Å². The third-order valence-electron chi connectivity index (χ3n) is 3.12. The van der Waals surface area contributed by atoms with Gasteiger partial charge in [-0.05, 0) is 37.9 Å². The van der Waals surface area contributed by atoms with Gasteiger partial charge in [0.05, 0.1) is 6.10 Å². The van der Waals surface area contributed by atoms with Crippen molar-refractivity contribution >= 4 is 5.82 Å². The monoisotopic (exact) mass is 235 g/mol. The van der Waals surface area contributed by atoms with E-state index in [2.05, 4.69) is 16.0 Å². The molecule has 0 spiro atoms. The van der Waals surface area contributed by atoms with Gasteiger partial charge < -0.3 is 15.4 Å². The molecule has 0 bridgehead atoms. The van der Waals surface area contributed by atoms with Crippen molar-refractivity contribution in [3.8, 4) is 0 Å². The second-order valence-corrected chi connectivity index (χ2v) is 4.39. The Balaban J connectivity index is 1.74. The lowest BCUT2D eigenvalue weighted by atomic mass is 10.1. The third-order valence-corrected chi connectivity index (χ3v) is 3.12. The highest BCUT2D eigenvalue weighted by Crippen LogP contribution is 2.19. The van der Waals surface area contributed by atoms with Crippen molar-refractivity contribution in [3.05, 3.63) is 24.4 Å². The molecular formula is C13H21N3O. The summed E-state index contributed by atoms with van der Waals surface area (Å²) in [6, 6.07) is 6.05. The van der Waals surface area contributed by atoms with Gasteiger partial charge in [-0.25, -0.2) is 4.98 Å². The van der Waals surface area contributed by atoms with Gasteiger partial charge in [0.25, 0.3) is 0 Å². The third kappa shape index (κ3) is 3.68. The second-order valence-electron chi connectivity index (χ2n) is 4.39. The van der Waals surface area contributed by atoms with E-state index in [0.717, 1.165) is 44.8 Å². The average molecular weight is 235 g/mol. The predicted molar refractivity (Wildman–Crippen MR) is 69.1 cm³/mol. The molecule has 17 heavy (non-hydrogen) atoms. The molecule has 4 nitrogen and oxygen atoms in total. The first-order chi connectivity index (χ1) is 8.40. The lowest BCUT2D eigenvalue weighted by Gasteiger charge is -2.32. The number of ether oxygens (including phenoxy) is 1. The van der Waals surface area contributed by atoms with Gasteiger partial charge in [-0.1, -0.05) is 6.07 Å². The molecule has 4 heteroatoms. The topological polar surface area (TPSA) is 51.4 Å². The lowest BCUT2D eigenvalue weighted by Crippen LogP contribution is -2.37. The summed E-state index contributed by atoms with van der Waals surface area (Å²) in [6.07, 6.45) is 5.38. The molecule has 1 aromatic heterocycles. The first kappa shape index (κ1) is 12.3. The summed E-state index contributed by atoms with van der Waals surface area (Å²) in [7, 11) is 0. The Labute approximate surface area is 103 Å². The van der Waals surface area contributed by atoms with Gasteiger partial charge in [0.1, 0.15) is 5.82 Å². The van der Waals surface area contributed by atoms with Gasteiger partial charge in [-0.15, -0.1) is 0 Å². The molecule has 1 aliphatic heterocycles. The fourth-order valence-corrected chi connectivity index (χ4v) is 2.13. The zero-order valence-corrected chi connectivity index (χ0v) is 10.2. The van der Waals surface area contributed by atoms with Gasteiger partial charge in [0.15, 0.2) is 0 Å². The highest BCUT2D eigenvalue weighted by atomic mass is 16.5. The molecule has 1 aliphatic rings. The Hall–Kier alpha value is -1.13. The number of aromatic nitrogens is 1. The number of piperidine rings is 1. The number of hydrogen-bond acceptors (Lipinski definition) is 4. The molecule has 94 valence electrons. The maximum absolute atomic E-state index is 5.78. The lowest BCUT2D eigenvalue weighted by molar-refractivity contribution is 0.0365. The summed E-state index contributed by atoms with van der Waals surface area (Å²) in [5.41, 5.74) is 5.45. The van der Waals surface area contributed by atoms with Crippen LogP contribution in [0.5, 0.6) is 0 Å². The van der Waals surface area contributed by atoms with Gasteiger partial charge in [0, 0.05) is 25.9 Å². The van der Waals surface area contributed by atoms with Gasteiger partial charge in [-0.3, -0.25) is 0 Å². The summed E-state index contributed by atoms with van der Waals surface area (Å²) in [5, 5.41) is 0. The van der Waals surface area contributed by atoms with Gasteiger partial charge in [0.2, 0.25) is 0 Å². The summed E-state index contributed by atoms with van der Waals surface area (Å²) < 4.78 is 5.78. The zero-order chi connectivity index (χ0) is 11.9. The van der Waals surface area contributed by atoms with Crippen LogP contribution >= 0.6 is 0 Å². The van der Waals surface area contributed by atoms with Crippen LogP contribution in [0.2, 0.25) is 0 Å². The number of hydrogen-bond donors (Lipinski definition) is 1. The molecule has 1 fully saturated rings. The fraction of sp³-hybridized carbons (Fsp3) is 0.615. The molecule has 0 aliphatic carbocycles. The summed E-state index contributed by atoms with van der Waals surface area (Å²) >= 11 is 0. The largest absolute Gasteiger partial charge is 0.378 e.